The van der Waals surface area contributed by atoms with Gasteiger partial charge in [-0.1, -0.05) is 63.2 Å². The highest BCUT2D eigenvalue weighted by Crippen LogP contribution is 2.36. The molecule has 0 fully saturated rings. The number of aryl methyl sites for hydroxylation is 1. The quantitative estimate of drug-likeness (QED) is 0.445. The molecule has 1 aromatic heterocycles. The monoisotopic (exact) mass is 437 g/mol. The van der Waals surface area contributed by atoms with Crippen LogP contribution in [0.4, 0.5) is 5.00 Å². The van der Waals surface area contributed by atoms with Crippen molar-refractivity contribution < 1.29 is 19.1 Å². The summed E-state index contributed by atoms with van der Waals surface area (Å²) >= 11 is 1.29. The van der Waals surface area contributed by atoms with E-state index in [0.717, 1.165) is 23.1 Å². The molecule has 1 amide bonds. The lowest BCUT2D eigenvalue weighted by Gasteiger charge is -2.14. The molecule has 0 radical (unpaired) electrons. The summed E-state index contributed by atoms with van der Waals surface area (Å²) in [5.74, 6) is 0.142. The molecule has 2 aromatic carbocycles. The third kappa shape index (κ3) is 5.33. The van der Waals surface area contributed by atoms with E-state index in [4.69, 9.17) is 9.47 Å². The van der Waals surface area contributed by atoms with Gasteiger partial charge in [-0.2, -0.15) is 0 Å². The molecule has 0 spiro atoms. The average Bonchev–Trinajstić information content (AvgIpc) is 3.20. The number of hydrogen-bond acceptors (Lipinski definition) is 5. The van der Waals surface area contributed by atoms with E-state index in [-0.39, 0.29) is 18.4 Å². The minimum atomic E-state index is -0.489. The second kappa shape index (κ2) is 10.3. The first-order chi connectivity index (χ1) is 14.9. The lowest BCUT2D eigenvalue weighted by atomic mass is 10.0. The van der Waals surface area contributed by atoms with Gasteiger partial charge in [0.1, 0.15) is 16.3 Å². The van der Waals surface area contributed by atoms with E-state index in [1.807, 2.05) is 53.9 Å². The average molecular weight is 438 g/mol. The van der Waals surface area contributed by atoms with Gasteiger partial charge in [0.2, 0.25) is 0 Å². The van der Waals surface area contributed by atoms with Crippen molar-refractivity contribution in [1.29, 1.82) is 0 Å². The van der Waals surface area contributed by atoms with Crippen LogP contribution in [0.1, 0.15) is 48.2 Å². The third-order valence-corrected chi connectivity index (χ3v) is 5.90. The van der Waals surface area contributed by atoms with Gasteiger partial charge in [-0.3, -0.25) is 4.79 Å². The first kappa shape index (κ1) is 22.6. The molecule has 31 heavy (non-hydrogen) atoms. The Bertz CT molecular complexity index is 1050. The van der Waals surface area contributed by atoms with Gasteiger partial charge in [0.15, 0.2) is 6.61 Å². The Hall–Kier alpha value is -3.12. The first-order valence-electron chi connectivity index (χ1n) is 10.2. The molecular weight excluding hydrogens is 410 g/mol. The molecule has 0 aliphatic carbocycles. The Balaban J connectivity index is 1.79. The fraction of sp³-hybridized carbons (Fsp3) is 0.280. The van der Waals surface area contributed by atoms with Gasteiger partial charge in [0, 0.05) is 10.9 Å². The summed E-state index contributed by atoms with van der Waals surface area (Å²) in [5, 5.41) is 5.12. The van der Waals surface area contributed by atoms with E-state index in [9.17, 15) is 9.59 Å². The van der Waals surface area contributed by atoms with Crippen LogP contribution in [-0.2, 0) is 16.0 Å². The number of carbonyl (C=O) groups is 2. The Morgan fingerprint density at radius 1 is 1.06 bits per heavy atom. The number of anilines is 1. The number of para-hydroxylation sites is 1. The van der Waals surface area contributed by atoms with Crippen molar-refractivity contribution in [2.75, 3.05) is 19.0 Å². The topological polar surface area (TPSA) is 64.6 Å². The largest absolute Gasteiger partial charge is 0.483 e. The highest BCUT2D eigenvalue weighted by atomic mass is 32.1. The molecule has 3 aromatic rings. The predicted octanol–water partition coefficient (Wildman–Crippen LogP) is 5.91. The Morgan fingerprint density at radius 3 is 2.42 bits per heavy atom. The summed E-state index contributed by atoms with van der Waals surface area (Å²) < 4.78 is 10.7. The summed E-state index contributed by atoms with van der Waals surface area (Å²) in [6, 6.07) is 15.7. The molecule has 0 saturated heterocycles. The van der Waals surface area contributed by atoms with E-state index >= 15 is 0 Å². The Labute approximate surface area is 187 Å². The molecule has 5 nitrogen and oxygen atoms in total. The van der Waals surface area contributed by atoms with Crippen molar-refractivity contribution >= 4 is 28.2 Å². The van der Waals surface area contributed by atoms with Crippen molar-refractivity contribution in [2.24, 2.45) is 0 Å². The zero-order valence-electron chi connectivity index (χ0n) is 18.2. The van der Waals surface area contributed by atoms with Crippen molar-refractivity contribution in [3.63, 3.8) is 0 Å². The Kier molecular flexibility index (Phi) is 7.47. The van der Waals surface area contributed by atoms with Crippen LogP contribution in [0.2, 0.25) is 0 Å². The molecule has 162 valence electrons. The molecule has 0 unspecified atom stereocenters. The normalized spacial score (nSPS) is 10.7. The van der Waals surface area contributed by atoms with E-state index < -0.39 is 5.97 Å². The van der Waals surface area contributed by atoms with Crippen molar-refractivity contribution in [2.45, 2.75) is 33.1 Å². The molecule has 0 aliphatic rings. The summed E-state index contributed by atoms with van der Waals surface area (Å²) in [4.78, 5) is 25.1. The zero-order chi connectivity index (χ0) is 22.4. The number of esters is 1. The lowest BCUT2D eigenvalue weighted by Crippen LogP contribution is -2.21. The first-order valence-corrected chi connectivity index (χ1v) is 11.1. The molecule has 0 bridgehead atoms. The smallest absolute Gasteiger partial charge is 0.341 e. The van der Waals surface area contributed by atoms with Crippen LogP contribution < -0.4 is 10.1 Å². The van der Waals surface area contributed by atoms with Gasteiger partial charge in [-0.15, -0.1) is 11.3 Å². The highest BCUT2D eigenvalue weighted by molar-refractivity contribution is 7.15. The molecule has 3 rings (SSSR count). The predicted molar refractivity (Wildman–Crippen MR) is 125 cm³/mol. The number of carbonyl (C=O) groups excluding carboxylic acids is 2. The van der Waals surface area contributed by atoms with Crippen LogP contribution in [0.15, 0.2) is 53.9 Å². The number of ether oxygens (including phenoxy) is 2. The van der Waals surface area contributed by atoms with Crippen molar-refractivity contribution in [3.8, 4) is 16.9 Å². The zero-order valence-corrected chi connectivity index (χ0v) is 19.0. The molecule has 0 atom stereocenters. The number of amides is 1. The van der Waals surface area contributed by atoms with Crippen LogP contribution in [-0.4, -0.2) is 25.6 Å². The molecular formula is C25H27NO4S. The summed E-state index contributed by atoms with van der Waals surface area (Å²) in [5.41, 5.74) is 4.25. The SMILES string of the molecule is CCc1ccc(-c2csc(NC(=O)COc3ccccc3C(C)C)c2C(=O)OC)cc1. The molecule has 1 heterocycles. The fourth-order valence-electron chi connectivity index (χ4n) is 3.28. The summed E-state index contributed by atoms with van der Waals surface area (Å²) in [6.07, 6.45) is 0.940. The van der Waals surface area contributed by atoms with Gasteiger partial charge < -0.3 is 14.8 Å². The van der Waals surface area contributed by atoms with E-state index in [1.54, 1.807) is 0 Å². The van der Waals surface area contributed by atoms with E-state index in [1.165, 1.54) is 24.0 Å². The fourth-order valence-corrected chi connectivity index (χ4v) is 4.26. The number of hydrogen-bond donors (Lipinski definition) is 1. The minimum absolute atomic E-state index is 0.150. The number of benzene rings is 2. The van der Waals surface area contributed by atoms with Crippen LogP contribution in [0.25, 0.3) is 11.1 Å². The minimum Gasteiger partial charge on any atom is -0.483 e. The van der Waals surface area contributed by atoms with Gasteiger partial charge in [0.05, 0.1) is 7.11 Å². The molecule has 0 aliphatic heterocycles. The second-order valence-electron chi connectivity index (χ2n) is 7.42. The second-order valence-corrected chi connectivity index (χ2v) is 8.30. The van der Waals surface area contributed by atoms with E-state index in [2.05, 4.69) is 26.1 Å². The maximum absolute atomic E-state index is 12.6. The standard InChI is InChI=1S/C25H27NO4S/c1-5-17-10-12-18(13-11-17)20-15-31-24(23(20)25(28)29-4)26-22(27)14-30-21-9-7-6-8-19(21)16(2)3/h6-13,15-16H,5,14H2,1-4H3,(H,26,27). The van der Waals surface area contributed by atoms with Gasteiger partial charge in [-0.25, -0.2) is 4.79 Å². The Morgan fingerprint density at radius 2 is 1.77 bits per heavy atom. The molecule has 1 N–H and O–H groups in total. The van der Waals surface area contributed by atoms with Gasteiger partial charge in [-0.05, 0) is 35.1 Å². The van der Waals surface area contributed by atoms with E-state index in [0.29, 0.717) is 16.3 Å². The number of rotatable bonds is 8. The van der Waals surface area contributed by atoms with Crippen LogP contribution in [0.3, 0.4) is 0 Å². The molecule has 0 saturated carbocycles. The highest BCUT2D eigenvalue weighted by Gasteiger charge is 2.22. The van der Waals surface area contributed by atoms with Gasteiger partial charge >= 0.3 is 5.97 Å². The lowest BCUT2D eigenvalue weighted by molar-refractivity contribution is -0.118. The number of methoxy groups -OCH3 is 1. The maximum Gasteiger partial charge on any atom is 0.341 e. The van der Waals surface area contributed by atoms with Crippen molar-refractivity contribution in [3.05, 3.63) is 70.6 Å². The summed E-state index contributed by atoms with van der Waals surface area (Å²) in [6.45, 7) is 6.09. The number of nitrogens with one attached hydrogen (secondary N) is 1. The third-order valence-electron chi connectivity index (χ3n) is 5.01. The number of thiophene rings is 1. The summed E-state index contributed by atoms with van der Waals surface area (Å²) in [7, 11) is 1.33. The maximum atomic E-state index is 12.6. The van der Waals surface area contributed by atoms with Crippen LogP contribution >= 0.6 is 11.3 Å². The molecule has 6 heteroatoms. The van der Waals surface area contributed by atoms with Crippen LogP contribution in [0, 0.1) is 0 Å². The van der Waals surface area contributed by atoms with Crippen LogP contribution in [0.5, 0.6) is 5.75 Å². The van der Waals surface area contributed by atoms with Crippen molar-refractivity contribution in [1.82, 2.24) is 0 Å². The van der Waals surface area contributed by atoms with Gasteiger partial charge in [0.25, 0.3) is 5.91 Å².